The normalized spacial score (nSPS) is 16.3. The van der Waals surface area contributed by atoms with Gasteiger partial charge in [-0.25, -0.2) is 17.5 Å². The zero-order chi connectivity index (χ0) is 17.6. The number of amides is 1. The Balaban J connectivity index is 1.80. The minimum atomic E-state index is -3.94. The van der Waals surface area contributed by atoms with Gasteiger partial charge in [0, 0.05) is 26.1 Å². The maximum Gasteiger partial charge on any atom is 0.243 e. The molecular weight excluding hydrogens is 333 g/mol. The first-order valence-corrected chi connectivity index (χ1v) is 9.59. The monoisotopic (exact) mass is 357 g/mol. The summed E-state index contributed by atoms with van der Waals surface area (Å²) < 4.78 is 39.9. The van der Waals surface area contributed by atoms with Crippen molar-refractivity contribution in [2.75, 3.05) is 33.2 Å². The van der Waals surface area contributed by atoms with Crippen LogP contribution in [0.5, 0.6) is 0 Å². The average molecular weight is 357 g/mol. The maximum absolute atomic E-state index is 13.6. The average Bonchev–Trinajstić information content (AvgIpc) is 2.56. The SMILES string of the molecule is CNCC1CCN(C(=O)CCNS(=O)(=O)c2ccccc2F)CC1. The molecule has 0 saturated carbocycles. The van der Waals surface area contributed by atoms with Gasteiger partial charge in [0.25, 0.3) is 0 Å². The Labute approximate surface area is 142 Å². The molecule has 0 aromatic heterocycles. The molecule has 0 unspecified atom stereocenters. The van der Waals surface area contributed by atoms with Gasteiger partial charge in [-0.15, -0.1) is 0 Å². The molecule has 2 rings (SSSR count). The van der Waals surface area contributed by atoms with Crippen LogP contribution in [0.15, 0.2) is 29.2 Å². The van der Waals surface area contributed by atoms with E-state index in [1.807, 2.05) is 7.05 Å². The van der Waals surface area contributed by atoms with Crippen molar-refractivity contribution in [3.05, 3.63) is 30.1 Å². The van der Waals surface area contributed by atoms with E-state index in [9.17, 15) is 17.6 Å². The second-order valence-electron chi connectivity index (χ2n) is 5.96. The van der Waals surface area contributed by atoms with E-state index >= 15 is 0 Å². The van der Waals surface area contributed by atoms with Gasteiger partial charge in [-0.05, 0) is 44.5 Å². The van der Waals surface area contributed by atoms with Crippen molar-refractivity contribution in [2.45, 2.75) is 24.2 Å². The Morgan fingerprint density at radius 1 is 1.29 bits per heavy atom. The lowest BCUT2D eigenvalue weighted by molar-refractivity contribution is -0.132. The molecule has 1 amide bonds. The van der Waals surface area contributed by atoms with Crippen LogP contribution in [0.4, 0.5) is 4.39 Å². The van der Waals surface area contributed by atoms with Crippen LogP contribution >= 0.6 is 0 Å². The molecule has 1 aromatic rings. The van der Waals surface area contributed by atoms with E-state index in [2.05, 4.69) is 10.0 Å². The van der Waals surface area contributed by atoms with E-state index in [-0.39, 0.29) is 18.9 Å². The highest BCUT2D eigenvalue weighted by molar-refractivity contribution is 7.89. The molecule has 0 spiro atoms. The van der Waals surface area contributed by atoms with E-state index in [4.69, 9.17) is 0 Å². The van der Waals surface area contributed by atoms with E-state index in [0.717, 1.165) is 25.5 Å². The number of hydrogen-bond donors (Lipinski definition) is 2. The van der Waals surface area contributed by atoms with Crippen LogP contribution in [-0.4, -0.2) is 52.5 Å². The van der Waals surface area contributed by atoms with E-state index in [1.165, 1.54) is 18.2 Å². The van der Waals surface area contributed by atoms with Gasteiger partial charge >= 0.3 is 0 Å². The second-order valence-corrected chi connectivity index (χ2v) is 7.70. The number of likely N-dealkylation sites (tertiary alicyclic amines) is 1. The Morgan fingerprint density at radius 2 is 1.96 bits per heavy atom. The predicted octanol–water partition coefficient (Wildman–Crippen LogP) is 0.952. The minimum absolute atomic E-state index is 0.0358. The fraction of sp³-hybridized carbons (Fsp3) is 0.562. The Kier molecular flexibility index (Phi) is 6.70. The third-order valence-corrected chi connectivity index (χ3v) is 5.71. The van der Waals surface area contributed by atoms with Gasteiger partial charge in [0.05, 0.1) is 0 Å². The summed E-state index contributed by atoms with van der Waals surface area (Å²) >= 11 is 0. The lowest BCUT2D eigenvalue weighted by Gasteiger charge is -2.32. The third-order valence-electron chi connectivity index (χ3n) is 4.22. The van der Waals surface area contributed by atoms with Gasteiger partial charge in [0.2, 0.25) is 15.9 Å². The predicted molar refractivity (Wildman–Crippen MR) is 89.4 cm³/mol. The van der Waals surface area contributed by atoms with Crippen molar-refractivity contribution in [2.24, 2.45) is 5.92 Å². The number of nitrogens with one attached hydrogen (secondary N) is 2. The summed E-state index contributed by atoms with van der Waals surface area (Å²) in [6.45, 7) is 2.31. The lowest BCUT2D eigenvalue weighted by atomic mass is 9.96. The molecular formula is C16H24FN3O3S. The van der Waals surface area contributed by atoms with Crippen LogP contribution in [0, 0.1) is 11.7 Å². The van der Waals surface area contributed by atoms with Crippen molar-refractivity contribution in [3.63, 3.8) is 0 Å². The molecule has 24 heavy (non-hydrogen) atoms. The molecule has 1 heterocycles. The fourth-order valence-corrected chi connectivity index (χ4v) is 3.97. The van der Waals surface area contributed by atoms with Crippen molar-refractivity contribution in [1.82, 2.24) is 14.9 Å². The first-order valence-electron chi connectivity index (χ1n) is 8.10. The third kappa shape index (κ3) is 4.99. The number of rotatable bonds is 7. The molecule has 8 heteroatoms. The van der Waals surface area contributed by atoms with Crippen LogP contribution in [0.3, 0.4) is 0 Å². The van der Waals surface area contributed by atoms with Crippen molar-refractivity contribution in [3.8, 4) is 0 Å². The molecule has 1 saturated heterocycles. The molecule has 2 N–H and O–H groups in total. The molecule has 6 nitrogen and oxygen atoms in total. The number of sulfonamides is 1. The summed E-state index contributed by atoms with van der Waals surface area (Å²) in [5, 5.41) is 3.14. The molecule has 0 bridgehead atoms. The summed E-state index contributed by atoms with van der Waals surface area (Å²) in [6, 6.07) is 5.18. The second kappa shape index (κ2) is 8.55. The first-order chi connectivity index (χ1) is 11.4. The number of benzene rings is 1. The Hall–Kier alpha value is -1.51. The minimum Gasteiger partial charge on any atom is -0.343 e. The number of hydrogen-bond acceptors (Lipinski definition) is 4. The molecule has 0 radical (unpaired) electrons. The molecule has 1 aromatic carbocycles. The highest BCUT2D eigenvalue weighted by Crippen LogP contribution is 2.17. The largest absolute Gasteiger partial charge is 0.343 e. The summed E-state index contributed by atoms with van der Waals surface area (Å²) in [4.78, 5) is 13.5. The topological polar surface area (TPSA) is 78.5 Å². The summed E-state index contributed by atoms with van der Waals surface area (Å²) in [5.74, 6) is -0.296. The first kappa shape index (κ1) is 18.8. The Morgan fingerprint density at radius 3 is 2.58 bits per heavy atom. The van der Waals surface area contributed by atoms with Crippen molar-refractivity contribution < 1.29 is 17.6 Å². The summed E-state index contributed by atoms with van der Waals surface area (Å²) in [6.07, 6.45) is 1.98. The van der Waals surface area contributed by atoms with Gasteiger partial charge in [-0.3, -0.25) is 4.79 Å². The van der Waals surface area contributed by atoms with Crippen LogP contribution in [0.1, 0.15) is 19.3 Å². The number of piperidine rings is 1. The van der Waals surface area contributed by atoms with Crippen LogP contribution in [-0.2, 0) is 14.8 Å². The molecule has 0 atom stereocenters. The van der Waals surface area contributed by atoms with E-state index in [1.54, 1.807) is 4.90 Å². The van der Waals surface area contributed by atoms with Gasteiger partial charge in [-0.1, -0.05) is 12.1 Å². The maximum atomic E-state index is 13.6. The number of nitrogens with zero attached hydrogens (tertiary/aromatic N) is 1. The van der Waals surface area contributed by atoms with Gasteiger partial charge in [-0.2, -0.15) is 0 Å². The lowest BCUT2D eigenvalue weighted by Crippen LogP contribution is -2.41. The van der Waals surface area contributed by atoms with E-state index in [0.29, 0.717) is 19.0 Å². The van der Waals surface area contributed by atoms with E-state index < -0.39 is 20.7 Å². The fourth-order valence-electron chi connectivity index (χ4n) is 2.87. The molecule has 1 aliphatic rings. The molecule has 134 valence electrons. The van der Waals surface area contributed by atoms with Crippen molar-refractivity contribution >= 4 is 15.9 Å². The molecule has 0 aliphatic carbocycles. The van der Waals surface area contributed by atoms with Gasteiger partial charge in [0.1, 0.15) is 10.7 Å². The number of carbonyl (C=O) groups excluding carboxylic acids is 1. The summed E-state index contributed by atoms with van der Waals surface area (Å²) in [5.41, 5.74) is 0. The van der Waals surface area contributed by atoms with Crippen molar-refractivity contribution in [1.29, 1.82) is 0 Å². The molecule has 1 aliphatic heterocycles. The number of halogens is 1. The van der Waals surface area contributed by atoms with Crippen LogP contribution < -0.4 is 10.0 Å². The quantitative estimate of drug-likeness (QED) is 0.762. The molecule has 1 fully saturated rings. The number of carbonyl (C=O) groups is 1. The highest BCUT2D eigenvalue weighted by Gasteiger charge is 2.23. The highest BCUT2D eigenvalue weighted by atomic mass is 32.2. The van der Waals surface area contributed by atoms with Gasteiger partial charge in [0.15, 0.2) is 0 Å². The Bertz CT molecular complexity index is 658. The van der Waals surface area contributed by atoms with Crippen LogP contribution in [0.25, 0.3) is 0 Å². The standard InChI is InChI=1S/C16H24FN3O3S/c1-18-12-13-7-10-20(11-8-13)16(21)6-9-19-24(22,23)15-5-3-2-4-14(15)17/h2-5,13,18-19H,6-12H2,1H3. The van der Waals surface area contributed by atoms with Gasteiger partial charge < -0.3 is 10.2 Å². The zero-order valence-corrected chi connectivity index (χ0v) is 14.6. The summed E-state index contributed by atoms with van der Waals surface area (Å²) in [7, 11) is -2.02. The van der Waals surface area contributed by atoms with Crippen LogP contribution in [0.2, 0.25) is 0 Å². The smallest absolute Gasteiger partial charge is 0.243 e. The zero-order valence-electron chi connectivity index (χ0n) is 13.8.